The van der Waals surface area contributed by atoms with Gasteiger partial charge in [-0.3, -0.25) is 14.4 Å². The minimum atomic E-state index is -0.668. The first-order valence-corrected chi connectivity index (χ1v) is 12.1. The summed E-state index contributed by atoms with van der Waals surface area (Å²) in [4.78, 5) is 39.4. The van der Waals surface area contributed by atoms with Gasteiger partial charge in [-0.2, -0.15) is 0 Å². The van der Waals surface area contributed by atoms with Crippen molar-refractivity contribution in [1.29, 1.82) is 0 Å². The average Bonchev–Trinajstić information content (AvgIpc) is 3.43. The highest BCUT2D eigenvalue weighted by Gasteiger charge is 2.53. The lowest BCUT2D eigenvalue weighted by molar-refractivity contribution is -0.135. The SMILES string of the molecule is NC(=O)C1C2CCC(C2)C1C(=O)NCC(O)CCN1CCC(C(=O)c2ccc(F)cc2)CC1. The number of nitrogens with one attached hydrogen (secondary N) is 1. The van der Waals surface area contributed by atoms with E-state index in [9.17, 15) is 23.9 Å². The predicted molar refractivity (Wildman–Crippen MR) is 121 cm³/mol. The number of ketones is 1. The minimum Gasteiger partial charge on any atom is -0.391 e. The van der Waals surface area contributed by atoms with Crippen LogP contribution in [0, 0.1) is 35.4 Å². The molecule has 4 N–H and O–H groups in total. The molecule has 3 fully saturated rings. The lowest BCUT2D eigenvalue weighted by Gasteiger charge is -2.32. The van der Waals surface area contributed by atoms with Crippen molar-refractivity contribution in [3.63, 3.8) is 0 Å². The van der Waals surface area contributed by atoms with Crippen LogP contribution in [0.25, 0.3) is 0 Å². The zero-order valence-electron chi connectivity index (χ0n) is 18.9. The molecule has 0 radical (unpaired) electrons. The van der Waals surface area contributed by atoms with Crippen LogP contribution in [0.5, 0.6) is 0 Å². The van der Waals surface area contributed by atoms with Crippen LogP contribution in [0.3, 0.4) is 0 Å². The molecule has 2 bridgehead atoms. The molecule has 0 aromatic heterocycles. The summed E-state index contributed by atoms with van der Waals surface area (Å²) in [5, 5.41) is 13.2. The predicted octanol–water partition coefficient (Wildman–Crippen LogP) is 1.74. The molecule has 2 saturated carbocycles. The Morgan fingerprint density at radius 2 is 1.70 bits per heavy atom. The quantitative estimate of drug-likeness (QED) is 0.487. The number of hydrogen-bond acceptors (Lipinski definition) is 5. The fourth-order valence-corrected chi connectivity index (χ4v) is 6.12. The van der Waals surface area contributed by atoms with Gasteiger partial charge >= 0.3 is 0 Å². The summed E-state index contributed by atoms with van der Waals surface area (Å²) in [6, 6.07) is 5.70. The van der Waals surface area contributed by atoms with Gasteiger partial charge in [0.25, 0.3) is 0 Å². The lowest BCUT2D eigenvalue weighted by Crippen LogP contribution is -2.45. The van der Waals surface area contributed by atoms with E-state index in [-0.39, 0.29) is 59.5 Å². The number of aliphatic hydroxyl groups is 1. The Balaban J connectivity index is 1.16. The summed E-state index contributed by atoms with van der Waals surface area (Å²) in [6.07, 6.45) is 4.16. The van der Waals surface area contributed by atoms with Gasteiger partial charge in [0.1, 0.15) is 5.82 Å². The van der Waals surface area contributed by atoms with E-state index in [0.717, 1.165) is 45.2 Å². The van der Waals surface area contributed by atoms with Crippen LogP contribution in [0.1, 0.15) is 48.9 Å². The second kappa shape index (κ2) is 10.3. The number of carbonyl (C=O) groups excluding carboxylic acids is 3. The number of halogens is 1. The number of benzene rings is 1. The number of carbonyl (C=O) groups is 3. The van der Waals surface area contributed by atoms with Crippen molar-refractivity contribution in [2.75, 3.05) is 26.2 Å². The Morgan fingerprint density at radius 3 is 2.33 bits per heavy atom. The highest BCUT2D eigenvalue weighted by molar-refractivity contribution is 5.97. The normalized spacial score (nSPS) is 28.5. The van der Waals surface area contributed by atoms with Crippen molar-refractivity contribution in [1.82, 2.24) is 10.2 Å². The number of hydrogen-bond donors (Lipinski definition) is 3. The third kappa shape index (κ3) is 5.44. The van der Waals surface area contributed by atoms with Gasteiger partial charge in [0, 0.05) is 24.6 Å². The zero-order chi connectivity index (χ0) is 23.5. The molecule has 7 nitrogen and oxygen atoms in total. The number of piperidine rings is 1. The second-order valence-corrected chi connectivity index (χ2v) is 9.96. The first-order chi connectivity index (χ1) is 15.8. The summed E-state index contributed by atoms with van der Waals surface area (Å²) >= 11 is 0. The second-order valence-electron chi connectivity index (χ2n) is 9.96. The summed E-state index contributed by atoms with van der Waals surface area (Å²) < 4.78 is 13.1. The molecular formula is C25H34FN3O4. The van der Waals surface area contributed by atoms with Gasteiger partial charge in [0.15, 0.2) is 5.78 Å². The number of aliphatic hydroxyl groups excluding tert-OH is 1. The van der Waals surface area contributed by atoms with Gasteiger partial charge < -0.3 is 21.1 Å². The summed E-state index contributed by atoms with van der Waals surface area (Å²) in [5.74, 6) is -1.17. The van der Waals surface area contributed by atoms with E-state index in [1.165, 1.54) is 24.3 Å². The number of amides is 2. The summed E-state index contributed by atoms with van der Waals surface area (Å²) in [5.41, 5.74) is 6.11. The zero-order valence-corrected chi connectivity index (χ0v) is 18.9. The Bertz CT molecular complexity index is 869. The molecular weight excluding hydrogens is 425 g/mol. The fourth-order valence-electron chi connectivity index (χ4n) is 6.12. The van der Waals surface area contributed by atoms with Crippen LogP contribution in [0.15, 0.2) is 24.3 Å². The molecule has 1 heterocycles. The third-order valence-electron chi connectivity index (χ3n) is 7.93. The molecule has 8 heteroatoms. The van der Waals surface area contributed by atoms with Crippen molar-refractivity contribution >= 4 is 17.6 Å². The Morgan fingerprint density at radius 1 is 1.06 bits per heavy atom. The Hall–Kier alpha value is -2.32. The molecule has 4 rings (SSSR count). The largest absolute Gasteiger partial charge is 0.391 e. The number of fused-ring (bicyclic) bond motifs is 2. The molecule has 5 atom stereocenters. The number of rotatable bonds is 9. The first-order valence-electron chi connectivity index (χ1n) is 12.1. The van der Waals surface area contributed by atoms with Crippen molar-refractivity contribution < 1.29 is 23.9 Å². The molecule has 1 aliphatic heterocycles. The smallest absolute Gasteiger partial charge is 0.224 e. The topological polar surface area (TPSA) is 113 Å². The van der Waals surface area contributed by atoms with E-state index in [1.54, 1.807) is 0 Å². The fraction of sp³-hybridized carbons (Fsp3) is 0.640. The Kier molecular flexibility index (Phi) is 7.44. The maximum atomic E-state index is 13.1. The van der Waals surface area contributed by atoms with Gasteiger partial charge in [0.05, 0.1) is 17.9 Å². The monoisotopic (exact) mass is 459 g/mol. The number of primary amides is 1. The minimum absolute atomic E-state index is 0.0594. The highest BCUT2D eigenvalue weighted by Crippen LogP contribution is 2.52. The van der Waals surface area contributed by atoms with Crippen molar-refractivity contribution in [3.8, 4) is 0 Å². The molecule has 5 unspecified atom stereocenters. The number of likely N-dealkylation sites (tertiary alicyclic amines) is 1. The molecule has 1 saturated heterocycles. The molecule has 33 heavy (non-hydrogen) atoms. The van der Waals surface area contributed by atoms with Gasteiger partial charge in [-0.15, -0.1) is 0 Å². The maximum absolute atomic E-state index is 13.1. The first kappa shape index (κ1) is 23.8. The van der Waals surface area contributed by atoms with Crippen LogP contribution in [-0.2, 0) is 9.59 Å². The Labute approximate surface area is 193 Å². The molecule has 3 aliphatic rings. The van der Waals surface area contributed by atoms with E-state index in [2.05, 4.69) is 10.2 Å². The highest BCUT2D eigenvalue weighted by atomic mass is 19.1. The van der Waals surface area contributed by atoms with E-state index in [0.29, 0.717) is 18.5 Å². The molecule has 180 valence electrons. The standard InChI is InChI=1S/C25H34FN3O4/c26-19-5-3-15(4-6-19)23(31)16-7-10-29(11-8-16)12-9-20(30)14-28-25(33)22-18-2-1-17(13-18)21(22)24(27)32/h3-6,16-18,20-22,30H,1-2,7-14H2,(H2,27,32)(H,28,33). The van der Waals surface area contributed by atoms with E-state index >= 15 is 0 Å². The van der Waals surface area contributed by atoms with Crippen molar-refractivity contribution in [3.05, 3.63) is 35.6 Å². The van der Waals surface area contributed by atoms with Gasteiger partial charge in [0.2, 0.25) is 11.8 Å². The van der Waals surface area contributed by atoms with Crippen LogP contribution in [-0.4, -0.2) is 59.9 Å². The molecule has 2 amide bonds. The average molecular weight is 460 g/mol. The van der Waals surface area contributed by atoms with Crippen LogP contribution < -0.4 is 11.1 Å². The van der Waals surface area contributed by atoms with E-state index < -0.39 is 6.10 Å². The van der Waals surface area contributed by atoms with Gasteiger partial charge in [-0.05, 0) is 87.7 Å². The van der Waals surface area contributed by atoms with Crippen molar-refractivity contribution in [2.24, 2.45) is 35.3 Å². The van der Waals surface area contributed by atoms with Crippen molar-refractivity contribution in [2.45, 2.75) is 44.6 Å². The number of Topliss-reactive ketones (excluding diaryl/α,β-unsaturated/α-hetero) is 1. The third-order valence-corrected chi connectivity index (χ3v) is 7.93. The molecule has 1 aromatic carbocycles. The van der Waals surface area contributed by atoms with E-state index in [4.69, 9.17) is 5.73 Å². The summed E-state index contributed by atoms with van der Waals surface area (Å²) in [6.45, 7) is 2.38. The molecule has 1 aromatic rings. The van der Waals surface area contributed by atoms with E-state index in [1.807, 2.05) is 0 Å². The number of nitrogens with zero attached hydrogens (tertiary/aromatic N) is 1. The van der Waals surface area contributed by atoms with Crippen LogP contribution in [0.4, 0.5) is 4.39 Å². The van der Waals surface area contributed by atoms with Gasteiger partial charge in [-0.25, -0.2) is 4.39 Å². The summed E-state index contributed by atoms with van der Waals surface area (Å²) in [7, 11) is 0. The number of nitrogens with two attached hydrogens (primary N) is 1. The van der Waals surface area contributed by atoms with Crippen LogP contribution in [0.2, 0.25) is 0 Å². The molecule has 0 spiro atoms. The maximum Gasteiger partial charge on any atom is 0.224 e. The van der Waals surface area contributed by atoms with Gasteiger partial charge in [-0.1, -0.05) is 0 Å². The lowest BCUT2D eigenvalue weighted by atomic mass is 9.78. The molecule has 2 aliphatic carbocycles. The van der Waals surface area contributed by atoms with Crippen LogP contribution >= 0.6 is 0 Å².